The Morgan fingerprint density at radius 3 is 2.65 bits per heavy atom. The van der Waals surface area contributed by atoms with E-state index in [0.29, 0.717) is 10.7 Å². The van der Waals surface area contributed by atoms with E-state index in [2.05, 4.69) is 5.32 Å². The van der Waals surface area contributed by atoms with Crippen LogP contribution in [0.1, 0.15) is 22.9 Å². The lowest BCUT2D eigenvalue weighted by molar-refractivity contribution is -0.682. The number of carbonyl (C=O) groups is 1. The van der Waals surface area contributed by atoms with Crippen LogP contribution in [-0.4, -0.2) is 12.5 Å². The predicted octanol–water partition coefficient (Wildman–Crippen LogP) is 3.73. The number of nitrogens with one attached hydrogen (secondary N) is 1. The molecule has 0 aliphatic rings. The third-order valence-corrected chi connectivity index (χ3v) is 4.66. The van der Waals surface area contributed by atoms with Crippen molar-refractivity contribution in [1.29, 1.82) is 0 Å². The Bertz CT molecular complexity index is 848. The first-order chi connectivity index (χ1) is 12.6. The van der Waals surface area contributed by atoms with E-state index in [0.717, 1.165) is 29.9 Å². The van der Waals surface area contributed by atoms with Crippen molar-refractivity contribution in [2.45, 2.75) is 19.4 Å². The van der Waals surface area contributed by atoms with Crippen molar-refractivity contribution in [2.24, 2.45) is 0 Å². The Kier molecular flexibility index (Phi) is 6.10. The number of hydrogen-bond donors (Lipinski definition) is 2. The smallest absolute Gasteiger partial charge is 0.287 e. The van der Waals surface area contributed by atoms with E-state index in [4.69, 9.17) is 16.0 Å². The fraction of sp³-hybridized carbons (Fsp3) is 0.190. The molecule has 4 nitrogen and oxygen atoms in total. The molecule has 1 amide bonds. The summed E-state index contributed by atoms with van der Waals surface area (Å²) in [5.74, 6) is 0.842. The van der Waals surface area contributed by atoms with Crippen LogP contribution >= 0.6 is 11.6 Å². The second-order valence-electron chi connectivity index (χ2n) is 6.20. The molecule has 1 aromatic heterocycles. The first-order valence-corrected chi connectivity index (χ1v) is 8.99. The lowest BCUT2D eigenvalue weighted by Gasteiger charge is -2.16. The van der Waals surface area contributed by atoms with Gasteiger partial charge in [-0.2, -0.15) is 0 Å². The van der Waals surface area contributed by atoms with Crippen molar-refractivity contribution in [2.75, 3.05) is 11.9 Å². The maximum atomic E-state index is 12.9. The zero-order chi connectivity index (χ0) is 18.4. The molecule has 1 atom stereocenters. The van der Waals surface area contributed by atoms with E-state index in [-0.39, 0.29) is 11.9 Å². The van der Waals surface area contributed by atoms with Crippen molar-refractivity contribution < 1.29 is 14.5 Å². The van der Waals surface area contributed by atoms with Gasteiger partial charge in [0.25, 0.3) is 5.91 Å². The normalized spacial score (nSPS) is 11.9. The van der Waals surface area contributed by atoms with Crippen molar-refractivity contribution in [3.8, 4) is 0 Å². The molecule has 0 fully saturated rings. The molecule has 3 rings (SSSR count). The maximum Gasteiger partial charge on any atom is 0.287 e. The van der Waals surface area contributed by atoms with Crippen LogP contribution in [0, 0.1) is 6.92 Å². The summed E-state index contributed by atoms with van der Waals surface area (Å²) in [5.41, 5.74) is 2.64. The zero-order valence-electron chi connectivity index (χ0n) is 14.6. The topological polar surface area (TPSA) is 58.9 Å². The number of quaternary nitrogens is 1. The van der Waals surface area contributed by atoms with Crippen LogP contribution in [0.4, 0.5) is 5.69 Å². The molecule has 1 heterocycles. The summed E-state index contributed by atoms with van der Waals surface area (Å²) in [4.78, 5) is 12.9. The molecular weight excluding hydrogens is 348 g/mol. The van der Waals surface area contributed by atoms with Crippen LogP contribution in [0.5, 0.6) is 0 Å². The Morgan fingerprint density at radius 2 is 1.96 bits per heavy atom. The molecule has 0 saturated heterocycles. The lowest BCUT2D eigenvalue weighted by Crippen LogP contribution is -2.87. The number of aryl methyl sites for hydroxylation is 1. The molecule has 0 saturated carbocycles. The Morgan fingerprint density at radius 1 is 1.15 bits per heavy atom. The second-order valence-corrected chi connectivity index (χ2v) is 6.60. The monoisotopic (exact) mass is 369 g/mol. The van der Waals surface area contributed by atoms with Crippen molar-refractivity contribution in [3.05, 3.63) is 88.8 Å². The number of nitrogens with two attached hydrogens (primary N) is 1. The molecule has 2 aromatic carbocycles. The first-order valence-electron chi connectivity index (χ1n) is 8.61. The molecule has 3 N–H and O–H groups in total. The SMILES string of the molecule is Cc1ccc(NC(=O)[C@@H]([NH2+]CCc2ccco2)c2ccccc2)cc1Cl. The molecule has 5 heteroatoms. The van der Waals surface area contributed by atoms with Crippen molar-refractivity contribution >= 4 is 23.2 Å². The van der Waals surface area contributed by atoms with Gasteiger partial charge >= 0.3 is 0 Å². The molecule has 26 heavy (non-hydrogen) atoms. The summed E-state index contributed by atoms with van der Waals surface area (Å²) in [5, 5.41) is 5.64. The van der Waals surface area contributed by atoms with E-state index >= 15 is 0 Å². The Balaban J connectivity index is 1.71. The average molecular weight is 370 g/mol. The Hall–Kier alpha value is -2.56. The predicted molar refractivity (Wildman–Crippen MR) is 103 cm³/mol. The largest absolute Gasteiger partial charge is 0.469 e. The van der Waals surface area contributed by atoms with Gasteiger partial charge in [0.05, 0.1) is 19.2 Å². The average Bonchev–Trinajstić information content (AvgIpc) is 3.16. The number of hydrogen-bond acceptors (Lipinski definition) is 2. The molecule has 0 aliphatic carbocycles. The number of rotatable bonds is 7. The molecular formula is C21H22ClN2O2+. The van der Waals surface area contributed by atoms with E-state index in [9.17, 15) is 4.79 Å². The van der Waals surface area contributed by atoms with E-state index in [1.165, 1.54) is 0 Å². The zero-order valence-corrected chi connectivity index (χ0v) is 15.4. The van der Waals surface area contributed by atoms with E-state index in [1.54, 1.807) is 12.3 Å². The van der Waals surface area contributed by atoms with Crippen molar-refractivity contribution in [1.82, 2.24) is 0 Å². The molecule has 0 spiro atoms. The van der Waals surface area contributed by atoms with Gasteiger partial charge in [-0.3, -0.25) is 4.79 Å². The summed E-state index contributed by atoms with van der Waals surface area (Å²) in [6.45, 7) is 2.68. The number of carbonyl (C=O) groups excluding carboxylic acids is 1. The summed E-state index contributed by atoms with van der Waals surface area (Å²) < 4.78 is 5.37. The summed E-state index contributed by atoms with van der Waals surface area (Å²) in [6, 6.07) is 18.8. The van der Waals surface area contributed by atoms with E-state index in [1.807, 2.05) is 66.8 Å². The standard InChI is InChI=1S/C21H21ClN2O2/c1-15-9-10-17(14-19(15)22)24-21(25)20(16-6-3-2-4-7-16)23-12-11-18-8-5-13-26-18/h2-10,13-14,20,23H,11-12H2,1H3,(H,24,25)/p+1/t20-/m0/s1. The minimum absolute atomic E-state index is 0.0736. The minimum atomic E-state index is -0.341. The highest BCUT2D eigenvalue weighted by Gasteiger charge is 2.24. The van der Waals surface area contributed by atoms with Gasteiger partial charge in [-0.15, -0.1) is 0 Å². The fourth-order valence-electron chi connectivity index (χ4n) is 2.79. The second kappa shape index (κ2) is 8.70. The first kappa shape index (κ1) is 18.2. The van der Waals surface area contributed by atoms with Crippen LogP contribution in [-0.2, 0) is 11.2 Å². The van der Waals surface area contributed by atoms with Gasteiger partial charge in [-0.25, -0.2) is 0 Å². The fourth-order valence-corrected chi connectivity index (χ4v) is 2.97. The molecule has 3 aromatic rings. The summed E-state index contributed by atoms with van der Waals surface area (Å²) in [7, 11) is 0. The summed E-state index contributed by atoms with van der Waals surface area (Å²) >= 11 is 6.16. The minimum Gasteiger partial charge on any atom is -0.469 e. The molecule has 134 valence electrons. The van der Waals surface area contributed by atoms with Gasteiger partial charge in [0.15, 0.2) is 6.04 Å². The molecule has 0 bridgehead atoms. The molecule has 0 unspecified atom stereocenters. The van der Waals surface area contributed by atoms with Gasteiger partial charge in [0.1, 0.15) is 5.76 Å². The van der Waals surface area contributed by atoms with Crippen molar-refractivity contribution in [3.63, 3.8) is 0 Å². The quantitative estimate of drug-likeness (QED) is 0.666. The lowest BCUT2D eigenvalue weighted by atomic mass is 10.1. The van der Waals surface area contributed by atoms with Crippen LogP contribution in [0.2, 0.25) is 5.02 Å². The number of amides is 1. The van der Waals surface area contributed by atoms with Crippen LogP contribution in [0.25, 0.3) is 0 Å². The number of furan rings is 1. The highest BCUT2D eigenvalue weighted by Crippen LogP contribution is 2.21. The van der Waals surface area contributed by atoms with Crippen LogP contribution in [0.3, 0.4) is 0 Å². The summed E-state index contributed by atoms with van der Waals surface area (Å²) in [6.07, 6.45) is 2.43. The van der Waals surface area contributed by atoms with Crippen LogP contribution in [0.15, 0.2) is 71.3 Å². The number of halogens is 1. The molecule has 0 radical (unpaired) electrons. The Labute approximate surface area is 158 Å². The van der Waals surface area contributed by atoms with Gasteiger partial charge in [-0.05, 0) is 36.8 Å². The van der Waals surface area contributed by atoms with Gasteiger partial charge < -0.3 is 15.1 Å². The van der Waals surface area contributed by atoms with E-state index < -0.39 is 0 Å². The van der Waals surface area contributed by atoms with Gasteiger partial charge in [0, 0.05) is 16.3 Å². The highest BCUT2D eigenvalue weighted by molar-refractivity contribution is 6.31. The molecule has 0 aliphatic heterocycles. The maximum absolute atomic E-state index is 12.9. The third kappa shape index (κ3) is 4.75. The third-order valence-electron chi connectivity index (χ3n) is 4.25. The number of anilines is 1. The number of benzene rings is 2. The van der Waals surface area contributed by atoms with Crippen LogP contribution < -0.4 is 10.6 Å². The van der Waals surface area contributed by atoms with Gasteiger partial charge in [-0.1, -0.05) is 48.0 Å². The highest BCUT2D eigenvalue weighted by atomic mass is 35.5. The van der Waals surface area contributed by atoms with Gasteiger partial charge in [0.2, 0.25) is 0 Å².